The number of carbonyl (C=O) groups is 4. The van der Waals surface area contributed by atoms with Crippen LogP contribution in [0.25, 0.3) is 0 Å². The van der Waals surface area contributed by atoms with Gasteiger partial charge in [-0.1, -0.05) is 18.2 Å². The molecule has 0 saturated heterocycles. The molecule has 0 unspecified atom stereocenters. The van der Waals surface area contributed by atoms with Crippen molar-refractivity contribution >= 4 is 29.6 Å². The van der Waals surface area contributed by atoms with E-state index in [2.05, 4.69) is 0 Å². The highest BCUT2D eigenvalue weighted by atomic mass is 16.4. The highest BCUT2D eigenvalue weighted by Crippen LogP contribution is 2.31. The highest BCUT2D eigenvalue weighted by molar-refractivity contribution is 6.03. The van der Waals surface area contributed by atoms with Gasteiger partial charge in [-0.2, -0.15) is 0 Å². The molecular formula is C12H11NO8. The lowest BCUT2D eigenvalue weighted by atomic mass is 9.90. The van der Waals surface area contributed by atoms with Crippen LogP contribution in [0.3, 0.4) is 0 Å². The first-order valence-electron chi connectivity index (χ1n) is 5.48. The Balaban J connectivity index is 3.51. The number of anilines is 1. The van der Waals surface area contributed by atoms with Crippen molar-refractivity contribution in [2.75, 3.05) is 5.73 Å². The summed E-state index contributed by atoms with van der Waals surface area (Å²) in [5.41, 5.74) is 4.35. The molecule has 1 rings (SSSR count). The molecule has 0 saturated carbocycles. The monoisotopic (exact) mass is 297 g/mol. The van der Waals surface area contributed by atoms with E-state index in [1.165, 1.54) is 0 Å². The predicted octanol–water partition coefficient (Wildman–Crippen LogP) is -0.226. The number of aliphatic carboxylic acids is 4. The van der Waals surface area contributed by atoms with Crippen LogP contribution in [0.4, 0.5) is 5.69 Å². The fraction of sp³-hybridized carbons (Fsp3) is 0.167. The van der Waals surface area contributed by atoms with Crippen LogP contribution < -0.4 is 5.73 Å². The quantitative estimate of drug-likeness (QED) is 0.350. The van der Waals surface area contributed by atoms with Gasteiger partial charge in [-0.25, -0.2) is 0 Å². The maximum absolute atomic E-state index is 11.0. The van der Waals surface area contributed by atoms with E-state index in [9.17, 15) is 19.2 Å². The second-order valence-electron chi connectivity index (χ2n) is 4.07. The first-order valence-corrected chi connectivity index (χ1v) is 5.48. The zero-order chi connectivity index (χ0) is 16.3. The van der Waals surface area contributed by atoms with E-state index in [4.69, 9.17) is 26.2 Å². The Hall–Kier alpha value is -3.10. The predicted molar refractivity (Wildman–Crippen MR) is 66.9 cm³/mol. The minimum absolute atomic E-state index is 0.375. The summed E-state index contributed by atoms with van der Waals surface area (Å²) in [6, 6.07) is 3.33. The molecule has 0 atom stereocenters. The van der Waals surface area contributed by atoms with Crippen LogP contribution in [0.5, 0.6) is 0 Å². The Kier molecular flexibility index (Phi) is 4.49. The topological polar surface area (TPSA) is 175 Å². The van der Waals surface area contributed by atoms with E-state index in [0.29, 0.717) is 0 Å². The fourth-order valence-corrected chi connectivity index (χ4v) is 1.85. The summed E-state index contributed by atoms with van der Waals surface area (Å²) in [6.07, 6.45) is 0. The molecule has 0 aromatic heterocycles. The van der Waals surface area contributed by atoms with Crippen molar-refractivity contribution in [3.8, 4) is 0 Å². The minimum Gasteiger partial charge on any atom is -0.480 e. The van der Waals surface area contributed by atoms with E-state index < -0.39 is 41.4 Å². The molecule has 0 aliphatic heterocycles. The fourth-order valence-electron chi connectivity index (χ4n) is 1.85. The zero-order valence-electron chi connectivity index (χ0n) is 10.4. The minimum atomic E-state index is -2.02. The summed E-state index contributed by atoms with van der Waals surface area (Å²) in [7, 11) is 0. The van der Waals surface area contributed by atoms with Gasteiger partial charge in [0.25, 0.3) is 0 Å². The van der Waals surface area contributed by atoms with Gasteiger partial charge in [0.15, 0.2) is 11.8 Å². The van der Waals surface area contributed by atoms with Crippen molar-refractivity contribution in [2.24, 2.45) is 0 Å². The van der Waals surface area contributed by atoms with Crippen LogP contribution in [0.15, 0.2) is 18.2 Å². The molecule has 0 bridgehead atoms. The van der Waals surface area contributed by atoms with Crippen molar-refractivity contribution in [3.63, 3.8) is 0 Å². The van der Waals surface area contributed by atoms with Crippen LogP contribution in [-0.4, -0.2) is 44.3 Å². The van der Waals surface area contributed by atoms with Crippen molar-refractivity contribution in [2.45, 2.75) is 11.8 Å². The number of para-hydroxylation sites is 1. The lowest BCUT2D eigenvalue weighted by Gasteiger charge is -2.16. The second-order valence-corrected chi connectivity index (χ2v) is 4.07. The van der Waals surface area contributed by atoms with Gasteiger partial charge in [-0.05, 0) is 0 Å². The molecule has 0 amide bonds. The van der Waals surface area contributed by atoms with Gasteiger partial charge in [-0.3, -0.25) is 19.2 Å². The van der Waals surface area contributed by atoms with Crippen LogP contribution in [0.1, 0.15) is 23.0 Å². The van der Waals surface area contributed by atoms with E-state index in [0.717, 1.165) is 18.2 Å². The molecule has 21 heavy (non-hydrogen) atoms. The summed E-state index contributed by atoms with van der Waals surface area (Å²) in [5, 5.41) is 35.6. The molecular weight excluding hydrogens is 286 g/mol. The largest absolute Gasteiger partial charge is 0.480 e. The molecule has 9 nitrogen and oxygen atoms in total. The maximum Gasteiger partial charge on any atom is 0.322 e. The average Bonchev–Trinajstić information content (AvgIpc) is 2.32. The van der Waals surface area contributed by atoms with Gasteiger partial charge in [0, 0.05) is 16.8 Å². The molecule has 0 aliphatic rings. The second kappa shape index (κ2) is 5.90. The Labute approximate surface area is 117 Å². The standard InChI is InChI=1S/C12H11NO8/c13-8-4(6(9(14)15)10(16)17)2-1-3-5(8)7(11(18)19)12(20)21/h1-3,6-7H,13H2,(H,14,15)(H,16,17)(H,18,19)(H,20,21). The lowest BCUT2D eigenvalue weighted by molar-refractivity contribution is -0.151. The number of hydrogen-bond acceptors (Lipinski definition) is 5. The Morgan fingerprint density at radius 3 is 1.29 bits per heavy atom. The summed E-state index contributed by atoms with van der Waals surface area (Å²) in [6.45, 7) is 0. The van der Waals surface area contributed by atoms with Crippen molar-refractivity contribution < 1.29 is 39.6 Å². The molecule has 0 radical (unpaired) electrons. The van der Waals surface area contributed by atoms with E-state index >= 15 is 0 Å². The molecule has 9 heteroatoms. The first kappa shape index (κ1) is 16.0. The molecule has 0 fully saturated rings. The van der Waals surface area contributed by atoms with E-state index in [-0.39, 0.29) is 11.1 Å². The van der Waals surface area contributed by atoms with Gasteiger partial charge in [0.05, 0.1) is 0 Å². The van der Waals surface area contributed by atoms with Crippen LogP contribution >= 0.6 is 0 Å². The van der Waals surface area contributed by atoms with Crippen LogP contribution in [0.2, 0.25) is 0 Å². The van der Waals surface area contributed by atoms with Gasteiger partial charge in [-0.15, -0.1) is 0 Å². The molecule has 112 valence electrons. The van der Waals surface area contributed by atoms with Crippen molar-refractivity contribution in [3.05, 3.63) is 29.3 Å². The molecule has 1 aromatic carbocycles. The van der Waals surface area contributed by atoms with Crippen LogP contribution in [0, 0.1) is 0 Å². The third kappa shape index (κ3) is 3.08. The summed E-state index contributed by atoms with van der Waals surface area (Å²) < 4.78 is 0. The van der Waals surface area contributed by atoms with Gasteiger partial charge in [0.1, 0.15) is 0 Å². The summed E-state index contributed by atoms with van der Waals surface area (Å²) >= 11 is 0. The van der Waals surface area contributed by atoms with Crippen LogP contribution in [-0.2, 0) is 19.2 Å². The Morgan fingerprint density at radius 2 is 1.05 bits per heavy atom. The Bertz CT molecular complexity index is 545. The van der Waals surface area contributed by atoms with Gasteiger partial charge in [0.2, 0.25) is 0 Å². The molecule has 0 heterocycles. The number of nitrogen functional groups attached to an aromatic ring is 1. The highest BCUT2D eigenvalue weighted by Gasteiger charge is 2.34. The third-order valence-electron chi connectivity index (χ3n) is 2.78. The third-order valence-corrected chi connectivity index (χ3v) is 2.78. The van der Waals surface area contributed by atoms with Crippen molar-refractivity contribution in [1.29, 1.82) is 0 Å². The first-order chi connectivity index (χ1) is 9.68. The van der Waals surface area contributed by atoms with Gasteiger partial charge < -0.3 is 26.2 Å². The normalized spacial score (nSPS) is 10.6. The molecule has 6 N–H and O–H groups in total. The number of hydrogen-bond donors (Lipinski definition) is 5. The summed E-state index contributed by atoms with van der Waals surface area (Å²) in [4.78, 5) is 43.9. The SMILES string of the molecule is Nc1c(C(C(=O)O)C(=O)O)cccc1C(C(=O)O)C(=O)O. The number of nitrogens with two attached hydrogens (primary N) is 1. The van der Waals surface area contributed by atoms with Gasteiger partial charge >= 0.3 is 23.9 Å². The molecule has 1 aromatic rings. The van der Waals surface area contributed by atoms with Crippen molar-refractivity contribution in [1.82, 2.24) is 0 Å². The number of benzene rings is 1. The zero-order valence-corrected chi connectivity index (χ0v) is 10.4. The molecule has 0 aliphatic carbocycles. The number of carboxylic acids is 4. The lowest BCUT2D eigenvalue weighted by Crippen LogP contribution is -2.25. The Morgan fingerprint density at radius 1 is 0.762 bits per heavy atom. The molecule has 0 spiro atoms. The van der Waals surface area contributed by atoms with E-state index in [1.54, 1.807) is 0 Å². The number of rotatable bonds is 6. The smallest absolute Gasteiger partial charge is 0.322 e. The van der Waals surface area contributed by atoms with E-state index in [1.807, 2.05) is 0 Å². The summed E-state index contributed by atoms with van der Waals surface area (Å²) in [5.74, 6) is -10.8. The average molecular weight is 297 g/mol. The number of carboxylic acid groups (broad SMARTS) is 4. The maximum atomic E-state index is 11.0.